The summed E-state index contributed by atoms with van der Waals surface area (Å²) in [7, 11) is 0. The number of phenolic OH excluding ortho intramolecular Hbond substituents is 2. The molecule has 0 spiro atoms. The van der Waals surface area contributed by atoms with Gasteiger partial charge in [-0.05, 0) is 12.1 Å². The van der Waals surface area contributed by atoms with E-state index < -0.39 is 0 Å². The number of rotatable bonds is 1. The van der Waals surface area contributed by atoms with Crippen LogP contribution in [0.15, 0.2) is 42.5 Å². The Morgan fingerprint density at radius 3 is 2.47 bits per heavy atom. The minimum absolute atomic E-state index is 0.163. The Hall–Kier alpha value is -2.49. The molecular formula is C13H10N2O2. The van der Waals surface area contributed by atoms with Gasteiger partial charge in [0.25, 0.3) is 0 Å². The minimum atomic E-state index is -0.194. The molecule has 2 aromatic carbocycles. The Morgan fingerprint density at radius 2 is 1.71 bits per heavy atom. The van der Waals surface area contributed by atoms with Crippen molar-refractivity contribution in [1.29, 1.82) is 0 Å². The van der Waals surface area contributed by atoms with Gasteiger partial charge in [0.2, 0.25) is 0 Å². The normalized spacial score (nSPS) is 10.8. The van der Waals surface area contributed by atoms with Crippen LogP contribution in [-0.2, 0) is 0 Å². The zero-order chi connectivity index (χ0) is 11.8. The minimum Gasteiger partial charge on any atom is -0.504 e. The van der Waals surface area contributed by atoms with E-state index in [1.54, 1.807) is 6.07 Å². The topological polar surface area (TPSA) is 69.1 Å². The smallest absolute Gasteiger partial charge is 0.185 e. The molecule has 0 radical (unpaired) electrons. The van der Waals surface area contributed by atoms with Crippen LogP contribution >= 0.6 is 0 Å². The molecule has 0 saturated heterocycles. The van der Waals surface area contributed by atoms with Crippen LogP contribution in [0.1, 0.15) is 0 Å². The molecule has 84 valence electrons. The zero-order valence-electron chi connectivity index (χ0n) is 8.88. The highest BCUT2D eigenvalue weighted by atomic mass is 16.3. The van der Waals surface area contributed by atoms with Crippen LogP contribution in [0.3, 0.4) is 0 Å². The van der Waals surface area contributed by atoms with E-state index in [0.717, 1.165) is 5.56 Å². The Labute approximate surface area is 97.2 Å². The number of aromatic nitrogens is 2. The molecule has 4 nitrogen and oxygen atoms in total. The highest BCUT2D eigenvalue weighted by Gasteiger charge is 2.11. The Kier molecular flexibility index (Phi) is 2.01. The molecule has 3 N–H and O–H groups in total. The van der Waals surface area contributed by atoms with Crippen LogP contribution in [0.25, 0.3) is 22.4 Å². The van der Waals surface area contributed by atoms with Gasteiger partial charge in [-0.25, -0.2) is 4.98 Å². The predicted octanol–water partition coefficient (Wildman–Crippen LogP) is 2.64. The van der Waals surface area contributed by atoms with Crippen molar-refractivity contribution in [3.8, 4) is 22.9 Å². The van der Waals surface area contributed by atoms with Crippen molar-refractivity contribution in [2.75, 3.05) is 0 Å². The van der Waals surface area contributed by atoms with E-state index in [2.05, 4.69) is 9.97 Å². The standard InChI is InChI=1S/C13H10N2O2/c16-10-7-6-9-11(12(10)17)15-13(14-9)8-4-2-1-3-5-8/h1-7,16-17H,(H,14,15). The van der Waals surface area contributed by atoms with Crippen molar-refractivity contribution in [3.05, 3.63) is 42.5 Å². The van der Waals surface area contributed by atoms with Gasteiger partial charge in [0.1, 0.15) is 11.3 Å². The summed E-state index contributed by atoms with van der Waals surface area (Å²) in [6, 6.07) is 12.7. The first kappa shape index (κ1) is 9.72. The number of aromatic amines is 1. The van der Waals surface area contributed by atoms with Crippen LogP contribution in [0, 0.1) is 0 Å². The summed E-state index contributed by atoms with van der Waals surface area (Å²) < 4.78 is 0. The van der Waals surface area contributed by atoms with E-state index in [1.807, 2.05) is 30.3 Å². The molecule has 4 heteroatoms. The molecule has 3 rings (SSSR count). The molecule has 0 atom stereocenters. The highest BCUT2D eigenvalue weighted by molar-refractivity contribution is 5.86. The van der Waals surface area contributed by atoms with Crippen LogP contribution < -0.4 is 0 Å². The van der Waals surface area contributed by atoms with Gasteiger partial charge in [0.15, 0.2) is 11.5 Å². The molecule has 0 aliphatic carbocycles. The first-order valence-electron chi connectivity index (χ1n) is 5.22. The fourth-order valence-electron chi connectivity index (χ4n) is 1.78. The molecule has 0 aliphatic heterocycles. The molecule has 0 unspecified atom stereocenters. The van der Waals surface area contributed by atoms with Crippen LogP contribution in [0.4, 0.5) is 0 Å². The number of nitrogens with one attached hydrogen (secondary N) is 1. The lowest BCUT2D eigenvalue weighted by Crippen LogP contribution is -1.77. The van der Waals surface area contributed by atoms with Gasteiger partial charge in [-0.1, -0.05) is 30.3 Å². The second-order valence-electron chi connectivity index (χ2n) is 3.78. The quantitative estimate of drug-likeness (QED) is 0.559. The molecule has 0 aliphatic rings. The molecule has 0 bridgehead atoms. The summed E-state index contributed by atoms with van der Waals surface area (Å²) in [6.45, 7) is 0. The van der Waals surface area contributed by atoms with Crippen LogP contribution in [0.5, 0.6) is 11.5 Å². The van der Waals surface area contributed by atoms with Gasteiger partial charge < -0.3 is 15.2 Å². The van der Waals surface area contributed by atoms with Crippen molar-refractivity contribution in [2.24, 2.45) is 0 Å². The third-order valence-electron chi connectivity index (χ3n) is 2.65. The van der Waals surface area contributed by atoms with Gasteiger partial charge in [0.05, 0.1) is 5.52 Å². The lowest BCUT2D eigenvalue weighted by Gasteiger charge is -1.95. The first-order valence-corrected chi connectivity index (χ1v) is 5.22. The molecular weight excluding hydrogens is 216 g/mol. The van der Waals surface area contributed by atoms with Gasteiger partial charge in [-0.2, -0.15) is 0 Å². The first-order chi connectivity index (χ1) is 8.25. The number of imidazole rings is 1. The van der Waals surface area contributed by atoms with E-state index in [1.165, 1.54) is 6.07 Å². The maximum atomic E-state index is 9.69. The van der Waals surface area contributed by atoms with Crippen molar-refractivity contribution < 1.29 is 10.2 Å². The maximum absolute atomic E-state index is 9.69. The summed E-state index contributed by atoms with van der Waals surface area (Å²) in [6.07, 6.45) is 0. The Balaban J connectivity index is 2.24. The Morgan fingerprint density at radius 1 is 0.941 bits per heavy atom. The largest absolute Gasteiger partial charge is 0.504 e. The number of aromatic hydroxyl groups is 2. The number of H-pyrrole nitrogens is 1. The average Bonchev–Trinajstić information content (AvgIpc) is 2.80. The third kappa shape index (κ3) is 1.50. The zero-order valence-corrected chi connectivity index (χ0v) is 8.88. The van der Waals surface area contributed by atoms with E-state index in [9.17, 15) is 10.2 Å². The summed E-state index contributed by atoms with van der Waals surface area (Å²) in [5, 5.41) is 19.1. The lowest BCUT2D eigenvalue weighted by atomic mass is 10.2. The number of nitrogens with zero attached hydrogens (tertiary/aromatic N) is 1. The monoisotopic (exact) mass is 226 g/mol. The molecule has 0 saturated carbocycles. The number of fused-ring (bicyclic) bond motifs is 1. The lowest BCUT2D eigenvalue weighted by molar-refractivity contribution is 0.407. The molecule has 17 heavy (non-hydrogen) atoms. The highest BCUT2D eigenvalue weighted by Crippen LogP contribution is 2.33. The maximum Gasteiger partial charge on any atom is 0.185 e. The number of benzene rings is 2. The second-order valence-corrected chi connectivity index (χ2v) is 3.78. The van der Waals surface area contributed by atoms with E-state index >= 15 is 0 Å². The average molecular weight is 226 g/mol. The van der Waals surface area contributed by atoms with Gasteiger partial charge in [-0.3, -0.25) is 0 Å². The number of hydrogen-bond acceptors (Lipinski definition) is 3. The molecule has 1 aromatic heterocycles. The van der Waals surface area contributed by atoms with Gasteiger partial charge in [0, 0.05) is 5.56 Å². The third-order valence-corrected chi connectivity index (χ3v) is 2.65. The number of phenols is 2. The van der Waals surface area contributed by atoms with Gasteiger partial charge in [-0.15, -0.1) is 0 Å². The van der Waals surface area contributed by atoms with Crippen molar-refractivity contribution >= 4 is 11.0 Å². The van der Waals surface area contributed by atoms with E-state index in [0.29, 0.717) is 16.9 Å². The van der Waals surface area contributed by atoms with E-state index in [-0.39, 0.29) is 11.5 Å². The summed E-state index contributed by atoms with van der Waals surface area (Å²) in [4.78, 5) is 7.38. The summed E-state index contributed by atoms with van der Waals surface area (Å²) in [5.41, 5.74) is 2.01. The van der Waals surface area contributed by atoms with Gasteiger partial charge >= 0.3 is 0 Å². The molecule has 0 fully saturated rings. The summed E-state index contributed by atoms with van der Waals surface area (Å²) >= 11 is 0. The second kappa shape index (κ2) is 3.52. The van der Waals surface area contributed by atoms with Crippen molar-refractivity contribution in [2.45, 2.75) is 0 Å². The van der Waals surface area contributed by atoms with Crippen LogP contribution in [-0.4, -0.2) is 20.2 Å². The van der Waals surface area contributed by atoms with Crippen molar-refractivity contribution in [1.82, 2.24) is 9.97 Å². The Bertz CT molecular complexity index is 674. The summed E-state index contributed by atoms with van der Waals surface area (Å²) in [5.74, 6) is 0.311. The molecule has 3 aromatic rings. The SMILES string of the molecule is Oc1ccc2[nH]c(-c3ccccc3)nc2c1O. The fourth-order valence-corrected chi connectivity index (χ4v) is 1.78. The molecule has 0 amide bonds. The van der Waals surface area contributed by atoms with Crippen LogP contribution in [0.2, 0.25) is 0 Å². The number of hydrogen-bond donors (Lipinski definition) is 3. The van der Waals surface area contributed by atoms with E-state index in [4.69, 9.17) is 0 Å². The molecule has 1 heterocycles. The van der Waals surface area contributed by atoms with Crippen molar-refractivity contribution in [3.63, 3.8) is 0 Å². The fraction of sp³-hybridized carbons (Fsp3) is 0. The predicted molar refractivity (Wildman–Crippen MR) is 64.9 cm³/mol.